The molecule has 8 heteroatoms. The van der Waals surface area contributed by atoms with Gasteiger partial charge in [-0.1, -0.05) is 36.4 Å². The number of likely N-dealkylation sites (N-methyl/N-ethyl adjacent to an activating group) is 1. The van der Waals surface area contributed by atoms with Crippen molar-refractivity contribution in [3.63, 3.8) is 0 Å². The first-order chi connectivity index (χ1) is 13.5. The molecule has 1 amide bonds. The molecule has 0 bridgehead atoms. The summed E-state index contributed by atoms with van der Waals surface area (Å²) in [6.07, 6.45) is 4.60. The number of anilines is 1. The highest BCUT2D eigenvalue weighted by Crippen LogP contribution is 2.19. The summed E-state index contributed by atoms with van der Waals surface area (Å²) in [6.45, 7) is 0.307. The summed E-state index contributed by atoms with van der Waals surface area (Å²) in [5.74, 6) is -0.896. The Labute approximate surface area is 161 Å². The first kappa shape index (κ1) is 19.0. The SMILES string of the molecule is CN(Cc1cccnc1)C(=O)CNc1nc(-c2ccccc2)ncc1C(=O)O. The Morgan fingerprint density at radius 2 is 1.89 bits per heavy atom. The van der Waals surface area contributed by atoms with Crippen LogP contribution in [0.5, 0.6) is 0 Å². The van der Waals surface area contributed by atoms with Crippen LogP contribution in [0, 0.1) is 0 Å². The van der Waals surface area contributed by atoms with E-state index in [1.807, 2.05) is 36.4 Å². The number of hydrogen-bond donors (Lipinski definition) is 2. The van der Waals surface area contributed by atoms with E-state index < -0.39 is 5.97 Å². The van der Waals surface area contributed by atoms with Crippen LogP contribution in [0.2, 0.25) is 0 Å². The molecule has 1 aromatic carbocycles. The summed E-state index contributed by atoms with van der Waals surface area (Å²) in [6, 6.07) is 12.9. The lowest BCUT2D eigenvalue weighted by Gasteiger charge is -2.18. The third-order valence-corrected chi connectivity index (χ3v) is 4.03. The van der Waals surface area contributed by atoms with E-state index in [-0.39, 0.29) is 23.8 Å². The predicted molar refractivity (Wildman–Crippen MR) is 104 cm³/mol. The number of amides is 1. The van der Waals surface area contributed by atoms with E-state index in [1.54, 1.807) is 25.5 Å². The molecule has 0 spiro atoms. The van der Waals surface area contributed by atoms with Crippen molar-refractivity contribution in [2.24, 2.45) is 0 Å². The van der Waals surface area contributed by atoms with Gasteiger partial charge < -0.3 is 15.3 Å². The molecule has 0 saturated carbocycles. The van der Waals surface area contributed by atoms with Crippen molar-refractivity contribution in [3.8, 4) is 11.4 Å². The lowest BCUT2D eigenvalue weighted by molar-refractivity contribution is -0.128. The minimum absolute atomic E-state index is 0.0950. The van der Waals surface area contributed by atoms with Crippen LogP contribution in [0.3, 0.4) is 0 Å². The van der Waals surface area contributed by atoms with Gasteiger partial charge in [0.1, 0.15) is 11.4 Å². The van der Waals surface area contributed by atoms with E-state index in [2.05, 4.69) is 20.3 Å². The standard InChI is InChI=1S/C20H19N5O3/c1-25(13-14-6-5-9-21-10-14)17(26)12-23-19-16(20(27)28)11-22-18(24-19)15-7-3-2-4-8-15/h2-11H,12-13H2,1H3,(H,27,28)(H,22,23,24). The first-order valence-corrected chi connectivity index (χ1v) is 8.57. The van der Waals surface area contributed by atoms with Crippen molar-refractivity contribution in [2.75, 3.05) is 18.9 Å². The Kier molecular flexibility index (Phi) is 5.91. The third kappa shape index (κ3) is 4.67. The van der Waals surface area contributed by atoms with E-state index in [1.165, 1.54) is 11.1 Å². The van der Waals surface area contributed by atoms with Crippen LogP contribution in [-0.2, 0) is 11.3 Å². The second kappa shape index (κ2) is 8.72. The Hall–Kier alpha value is -3.81. The van der Waals surface area contributed by atoms with Gasteiger partial charge in [-0.25, -0.2) is 14.8 Å². The second-order valence-electron chi connectivity index (χ2n) is 6.09. The van der Waals surface area contributed by atoms with Gasteiger partial charge in [0.15, 0.2) is 5.82 Å². The molecule has 0 saturated heterocycles. The Morgan fingerprint density at radius 1 is 1.11 bits per heavy atom. The number of aromatic nitrogens is 3. The number of carboxylic acid groups (broad SMARTS) is 1. The zero-order valence-electron chi connectivity index (χ0n) is 15.2. The van der Waals surface area contributed by atoms with Crippen LogP contribution in [0.15, 0.2) is 61.1 Å². The fourth-order valence-corrected chi connectivity index (χ4v) is 2.55. The van der Waals surface area contributed by atoms with Gasteiger partial charge in [-0.3, -0.25) is 9.78 Å². The molecular weight excluding hydrogens is 358 g/mol. The molecule has 0 atom stereocenters. The number of aromatic carboxylic acids is 1. The zero-order chi connectivity index (χ0) is 19.9. The minimum Gasteiger partial charge on any atom is -0.477 e. The number of benzene rings is 1. The Balaban J connectivity index is 1.73. The molecule has 142 valence electrons. The van der Waals surface area contributed by atoms with Gasteiger partial charge in [0.25, 0.3) is 0 Å². The number of carboxylic acids is 1. The number of carbonyl (C=O) groups is 2. The van der Waals surface area contributed by atoms with Crippen LogP contribution < -0.4 is 5.32 Å². The van der Waals surface area contributed by atoms with Crippen molar-refractivity contribution < 1.29 is 14.7 Å². The number of carbonyl (C=O) groups excluding carboxylic acids is 1. The largest absolute Gasteiger partial charge is 0.477 e. The highest BCUT2D eigenvalue weighted by molar-refractivity contribution is 5.94. The molecule has 2 heterocycles. The summed E-state index contributed by atoms with van der Waals surface area (Å²) in [4.78, 5) is 37.8. The van der Waals surface area contributed by atoms with E-state index in [0.717, 1.165) is 11.1 Å². The average Bonchev–Trinajstić information content (AvgIpc) is 2.73. The summed E-state index contributed by atoms with van der Waals surface area (Å²) in [5.41, 5.74) is 1.56. The molecule has 0 unspecified atom stereocenters. The quantitative estimate of drug-likeness (QED) is 0.650. The first-order valence-electron chi connectivity index (χ1n) is 8.57. The summed E-state index contributed by atoms with van der Waals surface area (Å²) in [7, 11) is 1.67. The van der Waals surface area contributed by atoms with Gasteiger partial charge in [-0.05, 0) is 11.6 Å². The van der Waals surface area contributed by atoms with E-state index in [0.29, 0.717) is 12.4 Å². The maximum atomic E-state index is 12.4. The molecule has 3 aromatic rings. The molecule has 28 heavy (non-hydrogen) atoms. The highest BCUT2D eigenvalue weighted by Gasteiger charge is 2.16. The summed E-state index contributed by atoms with van der Waals surface area (Å²) in [5, 5.41) is 12.2. The molecule has 0 aliphatic carbocycles. The van der Waals surface area contributed by atoms with Gasteiger partial charge >= 0.3 is 5.97 Å². The Bertz CT molecular complexity index is 964. The molecule has 0 radical (unpaired) electrons. The van der Waals surface area contributed by atoms with Gasteiger partial charge in [0.05, 0.1) is 6.54 Å². The fourth-order valence-electron chi connectivity index (χ4n) is 2.55. The van der Waals surface area contributed by atoms with E-state index in [4.69, 9.17) is 0 Å². The van der Waals surface area contributed by atoms with Crippen LogP contribution in [0.1, 0.15) is 15.9 Å². The van der Waals surface area contributed by atoms with Crippen LogP contribution in [0.4, 0.5) is 5.82 Å². The fraction of sp³-hybridized carbons (Fsp3) is 0.150. The topological polar surface area (TPSA) is 108 Å². The maximum Gasteiger partial charge on any atom is 0.341 e. The predicted octanol–water partition coefficient (Wildman–Crippen LogP) is 2.31. The Morgan fingerprint density at radius 3 is 2.57 bits per heavy atom. The van der Waals surface area contributed by atoms with Crippen molar-refractivity contribution in [2.45, 2.75) is 6.54 Å². The molecule has 0 aliphatic rings. The third-order valence-electron chi connectivity index (χ3n) is 4.03. The molecule has 3 rings (SSSR count). The van der Waals surface area contributed by atoms with Crippen molar-refractivity contribution in [3.05, 3.63) is 72.2 Å². The lowest BCUT2D eigenvalue weighted by Crippen LogP contribution is -2.32. The number of hydrogen-bond acceptors (Lipinski definition) is 6. The number of pyridine rings is 1. The molecule has 8 nitrogen and oxygen atoms in total. The smallest absolute Gasteiger partial charge is 0.341 e. The molecular formula is C20H19N5O3. The normalized spacial score (nSPS) is 10.3. The minimum atomic E-state index is -1.17. The summed E-state index contributed by atoms with van der Waals surface area (Å²) >= 11 is 0. The van der Waals surface area contributed by atoms with Crippen molar-refractivity contribution in [1.29, 1.82) is 0 Å². The molecule has 0 fully saturated rings. The van der Waals surface area contributed by atoms with E-state index in [9.17, 15) is 14.7 Å². The van der Waals surface area contributed by atoms with Gasteiger partial charge in [-0.15, -0.1) is 0 Å². The molecule has 0 aliphatic heterocycles. The van der Waals surface area contributed by atoms with Gasteiger partial charge in [0.2, 0.25) is 5.91 Å². The molecule has 2 N–H and O–H groups in total. The average molecular weight is 377 g/mol. The summed E-state index contributed by atoms with van der Waals surface area (Å²) < 4.78 is 0. The zero-order valence-corrected chi connectivity index (χ0v) is 15.2. The monoisotopic (exact) mass is 377 g/mol. The van der Waals surface area contributed by atoms with Gasteiger partial charge in [-0.2, -0.15) is 0 Å². The van der Waals surface area contributed by atoms with Crippen LogP contribution >= 0.6 is 0 Å². The van der Waals surface area contributed by atoms with Gasteiger partial charge in [0, 0.05) is 37.7 Å². The van der Waals surface area contributed by atoms with Crippen molar-refractivity contribution >= 4 is 17.7 Å². The van der Waals surface area contributed by atoms with Crippen molar-refractivity contribution in [1.82, 2.24) is 19.9 Å². The van der Waals surface area contributed by atoms with Crippen LogP contribution in [0.25, 0.3) is 11.4 Å². The number of rotatable bonds is 7. The number of nitrogens with zero attached hydrogens (tertiary/aromatic N) is 4. The molecule has 2 aromatic heterocycles. The second-order valence-corrected chi connectivity index (χ2v) is 6.09. The lowest BCUT2D eigenvalue weighted by atomic mass is 10.2. The van der Waals surface area contributed by atoms with Crippen LogP contribution in [-0.4, -0.2) is 50.4 Å². The maximum absolute atomic E-state index is 12.4. The highest BCUT2D eigenvalue weighted by atomic mass is 16.4. The van der Waals surface area contributed by atoms with E-state index >= 15 is 0 Å². The number of nitrogens with one attached hydrogen (secondary N) is 1.